The van der Waals surface area contributed by atoms with Crippen LogP contribution in [-0.2, 0) is 0 Å². The third-order valence-corrected chi connectivity index (χ3v) is 4.50. The molecule has 0 aliphatic carbocycles. The van der Waals surface area contributed by atoms with Gasteiger partial charge in [0.05, 0.1) is 7.11 Å². The van der Waals surface area contributed by atoms with Gasteiger partial charge < -0.3 is 10.1 Å². The summed E-state index contributed by atoms with van der Waals surface area (Å²) in [4.78, 5) is 2.48. The standard InChI is InChI=1S/C17H27FN2O/c1-4-20-10-6-5-7-14(12-19-2)17(20)13-8-9-16(21-3)15(18)11-13/h8-9,11,14,17,19H,4-7,10,12H2,1-3H3. The number of nitrogens with one attached hydrogen (secondary N) is 1. The second kappa shape index (κ2) is 7.76. The smallest absolute Gasteiger partial charge is 0.165 e. The summed E-state index contributed by atoms with van der Waals surface area (Å²) in [6.45, 7) is 5.25. The van der Waals surface area contributed by atoms with Crippen LogP contribution >= 0.6 is 0 Å². The summed E-state index contributed by atoms with van der Waals surface area (Å²) < 4.78 is 19.1. The van der Waals surface area contributed by atoms with E-state index in [1.165, 1.54) is 26.4 Å². The zero-order chi connectivity index (χ0) is 15.2. The summed E-state index contributed by atoms with van der Waals surface area (Å²) in [5.74, 6) is 0.573. The summed E-state index contributed by atoms with van der Waals surface area (Å²) in [5, 5.41) is 3.30. The molecule has 1 aromatic carbocycles. The van der Waals surface area contributed by atoms with Crippen molar-refractivity contribution in [2.45, 2.75) is 32.2 Å². The van der Waals surface area contributed by atoms with Gasteiger partial charge in [-0.2, -0.15) is 0 Å². The molecule has 2 rings (SSSR count). The first kappa shape index (κ1) is 16.2. The molecule has 0 saturated carbocycles. The van der Waals surface area contributed by atoms with Crippen LogP contribution in [0.15, 0.2) is 18.2 Å². The van der Waals surface area contributed by atoms with E-state index in [2.05, 4.69) is 17.1 Å². The van der Waals surface area contributed by atoms with Crippen molar-refractivity contribution in [1.29, 1.82) is 0 Å². The quantitative estimate of drug-likeness (QED) is 0.902. The van der Waals surface area contributed by atoms with E-state index in [1.54, 1.807) is 12.1 Å². The van der Waals surface area contributed by atoms with E-state index in [1.807, 2.05) is 13.1 Å². The lowest BCUT2D eigenvalue weighted by molar-refractivity contribution is 0.162. The van der Waals surface area contributed by atoms with Crippen LogP contribution in [0.3, 0.4) is 0 Å². The fourth-order valence-electron chi connectivity index (χ4n) is 3.50. The molecule has 1 fully saturated rings. The predicted molar refractivity (Wildman–Crippen MR) is 84.2 cm³/mol. The highest BCUT2D eigenvalue weighted by Crippen LogP contribution is 2.36. The molecule has 0 amide bonds. The van der Waals surface area contributed by atoms with Crippen LogP contribution in [0, 0.1) is 11.7 Å². The molecule has 118 valence electrons. The predicted octanol–water partition coefficient (Wildman–Crippen LogP) is 3.22. The number of hydrogen-bond donors (Lipinski definition) is 1. The van der Waals surface area contributed by atoms with Crippen LogP contribution in [0.2, 0.25) is 0 Å². The Kier molecular flexibility index (Phi) is 6.00. The molecule has 0 aromatic heterocycles. The second-order valence-electron chi connectivity index (χ2n) is 5.78. The van der Waals surface area contributed by atoms with Crippen molar-refractivity contribution in [3.63, 3.8) is 0 Å². The first-order valence-corrected chi connectivity index (χ1v) is 7.93. The van der Waals surface area contributed by atoms with Gasteiger partial charge in [-0.1, -0.05) is 19.4 Å². The lowest BCUT2D eigenvalue weighted by Gasteiger charge is -2.35. The molecule has 4 heteroatoms. The Bertz CT molecular complexity index is 452. The zero-order valence-corrected chi connectivity index (χ0v) is 13.4. The highest BCUT2D eigenvalue weighted by atomic mass is 19.1. The lowest BCUT2D eigenvalue weighted by Crippen LogP contribution is -2.36. The Morgan fingerprint density at radius 2 is 2.19 bits per heavy atom. The summed E-state index contributed by atoms with van der Waals surface area (Å²) in [5.41, 5.74) is 1.07. The maximum Gasteiger partial charge on any atom is 0.165 e. The van der Waals surface area contributed by atoms with Crippen molar-refractivity contribution in [2.24, 2.45) is 5.92 Å². The number of benzene rings is 1. The van der Waals surface area contributed by atoms with E-state index >= 15 is 0 Å². The van der Waals surface area contributed by atoms with Gasteiger partial charge in [-0.25, -0.2) is 4.39 Å². The molecule has 1 aromatic rings. The van der Waals surface area contributed by atoms with Crippen molar-refractivity contribution in [3.05, 3.63) is 29.6 Å². The van der Waals surface area contributed by atoms with Crippen molar-refractivity contribution in [1.82, 2.24) is 10.2 Å². The van der Waals surface area contributed by atoms with E-state index in [4.69, 9.17) is 4.74 Å². The molecule has 1 aliphatic rings. The van der Waals surface area contributed by atoms with Gasteiger partial charge >= 0.3 is 0 Å². The minimum atomic E-state index is -0.265. The van der Waals surface area contributed by atoms with E-state index in [0.717, 1.165) is 25.2 Å². The molecule has 0 bridgehead atoms. The van der Waals surface area contributed by atoms with Gasteiger partial charge in [0.1, 0.15) is 0 Å². The first-order valence-electron chi connectivity index (χ1n) is 7.93. The fourth-order valence-corrected chi connectivity index (χ4v) is 3.50. The van der Waals surface area contributed by atoms with Crippen LogP contribution in [-0.4, -0.2) is 38.7 Å². The Labute approximate surface area is 127 Å². The van der Waals surface area contributed by atoms with Gasteiger partial charge in [0.15, 0.2) is 11.6 Å². The number of halogens is 1. The molecule has 1 saturated heterocycles. The number of rotatable bonds is 5. The Hall–Kier alpha value is -1.13. The minimum Gasteiger partial charge on any atom is -0.494 e. The second-order valence-corrected chi connectivity index (χ2v) is 5.78. The van der Waals surface area contributed by atoms with Gasteiger partial charge in [-0.15, -0.1) is 0 Å². The van der Waals surface area contributed by atoms with Gasteiger partial charge in [0.2, 0.25) is 0 Å². The summed E-state index contributed by atoms with van der Waals surface area (Å²) in [6.07, 6.45) is 3.66. The average molecular weight is 294 g/mol. The van der Waals surface area contributed by atoms with Gasteiger partial charge in [0, 0.05) is 6.04 Å². The molecule has 2 unspecified atom stereocenters. The lowest BCUT2D eigenvalue weighted by atomic mass is 9.89. The Balaban J connectivity index is 2.34. The Morgan fingerprint density at radius 3 is 2.81 bits per heavy atom. The molecule has 3 nitrogen and oxygen atoms in total. The summed E-state index contributed by atoms with van der Waals surface area (Å²) >= 11 is 0. The molecule has 0 spiro atoms. The van der Waals surface area contributed by atoms with Gasteiger partial charge in [0.25, 0.3) is 0 Å². The average Bonchev–Trinajstić information content (AvgIpc) is 2.69. The molecule has 1 N–H and O–H groups in total. The summed E-state index contributed by atoms with van der Waals surface area (Å²) in [7, 11) is 3.50. The first-order chi connectivity index (χ1) is 10.2. The van der Waals surface area contributed by atoms with Crippen LogP contribution in [0.1, 0.15) is 37.8 Å². The normalized spacial score (nSPS) is 23.8. The number of methoxy groups -OCH3 is 1. The van der Waals surface area contributed by atoms with Crippen LogP contribution in [0.4, 0.5) is 4.39 Å². The molecule has 1 heterocycles. The molecule has 0 radical (unpaired) electrons. The molecular formula is C17H27FN2O. The van der Waals surface area contributed by atoms with Crippen LogP contribution in [0.5, 0.6) is 5.75 Å². The molecular weight excluding hydrogens is 267 g/mol. The third kappa shape index (κ3) is 3.74. The molecule has 1 aliphatic heterocycles. The third-order valence-electron chi connectivity index (χ3n) is 4.50. The van der Waals surface area contributed by atoms with Crippen molar-refractivity contribution < 1.29 is 9.13 Å². The van der Waals surface area contributed by atoms with Gasteiger partial charge in [-0.05, 0) is 63.1 Å². The van der Waals surface area contributed by atoms with Crippen molar-refractivity contribution in [2.75, 3.05) is 33.8 Å². The van der Waals surface area contributed by atoms with Gasteiger partial charge in [-0.3, -0.25) is 4.90 Å². The van der Waals surface area contributed by atoms with Crippen molar-refractivity contribution in [3.8, 4) is 5.75 Å². The van der Waals surface area contributed by atoms with Crippen LogP contribution in [0.25, 0.3) is 0 Å². The maximum atomic E-state index is 14.1. The number of nitrogens with zero attached hydrogens (tertiary/aromatic N) is 1. The maximum absolute atomic E-state index is 14.1. The van der Waals surface area contributed by atoms with E-state index < -0.39 is 0 Å². The number of hydrogen-bond acceptors (Lipinski definition) is 3. The zero-order valence-electron chi connectivity index (χ0n) is 13.4. The van der Waals surface area contributed by atoms with E-state index in [-0.39, 0.29) is 11.9 Å². The monoisotopic (exact) mass is 294 g/mol. The molecule has 2 atom stereocenters. The highest BCUT2D eigenvalue weighted by molar-refractivity contribution is 5.31. The Morgan fingerprint density at radius 1 is 1.38 bits per heavy atom. The van der Waals surface area contributed by atoms with Crippen LogP contribution < -0.4 is 10.1 Å². The summed E-state index contributed by atoms with van der Waals surface area (Å²) in [6, 6.07) is 5.70. The SMILES string of the molecule is CCN1CCCCC(CNC)C1c1ccc(OC)c(F)c1. The number of ether oxygens (including phenoxy) is 1. The topological polar surface area (TPSA) is 24.5 Å². The molecule has 21 heavy (non-hydrogen) atoms. The van der Waals surface area contributed by atoms with Crippen molar-refractivity contribution >= 4 is 0 Å². The highest BCUT2D eigenvalue weighted by Gasteiger charge is 2.30. The largest absolute Gasteiger partial charge is 0.494 e. The van der Waals surface area contributed by atoms with E-state index in [9.17, 15) is 4.39 Å². The fraction of sp³-hybridized carbons (Fsp3) is 0.647. The minimum absolute atomic E-state index is 0.265. The number of likely N-dealkylation sites (tertiary alicyclic amines) is 1. The van der Waals surface area contributed by atoms with E-state index in [0.29, 0.717) is 11.7 Å².